The molecule has 26 heavy (non-hydrogen) atoms. The monoisotopic (exact) mass is 356 g/mol. The van der Waals surface area contributed by atoms with E-state index in [-0.39, 0.29) is 5.91 Å². The van der Waals surface area contributed by atoms with Crippen molar-refractivity contribution in [3.05, 3.63) is 53.5 Å². The van der Waals surface area contributed by atoms with E-state index in [1.54, 1.807) is 7.11 Å². The van der Waals surface area contributed by atoms with Crippen molar-refractivity contribution in [3.8, 4) is 5.75 Å². The van der Waals surface area contributed by atoms with Gasteiger partial charge in [0.15, 0.2) is 0 Å². The van der Waals surface area contributed by atoms with Crippen molar-refractivity contribution in [1.29, 1.82) is 0 Å². The first-order valence-corrected chi connectivity index (χ1v) is 9.29. The van der Waals surface area contributed by atoms with Crippen molar-refractivity contribution in [2.75, 3.05) is 39.8 Å². The van der Waals surface area contributed by atoms with Gasteiger partial charge in [-0.25, -0.2) is 0 Å². The van der Waals surface area contributed by atoms with E-state index in [0.717, 1.165) is 50.7 Å². The van der Waals surface area contributed by atoms with Crippen molar-refractivity contribution in [1.82, 2.24) is 9.80 Å². The molecule has 0 N–H and O–H groups in total. The molecule has 0 bridgehead atoms. The number of aryl methyl sites for hydroxylation is 1. The Morgan fingerprint density at radius 2 is 1.88 bits per heavy atom. The normalized spacial score (nSPS) is 16.5. The van der Waals surface area contributed by atoms with Crippen molar-refractivity contribution < 1.29 is 13.9 Å². The number of rotatable bonds is 6. The summed E-state index contributed by atoms with van der Waals surface area (Å²) in [5.41, 5.74) is 0.644. The number of carbonyl (C=O) groups excluding carboxylic acids is 1. The van der Waals surface area contributed by atoms with Gasteiger partial charge in [0.1, 0.15) is 17.3 Å². The number of furan rings is 1. The van der Waals surface area contributed by atoms with Gasteiger partial charge in [-0.1, -0.05) is 19.1 Å². The summed E-state index contributed by atoms with van der Waals surface area (Å²) in [5.74, 6) is 3.14. The Bertz CT molecular complexity index is 732. The number of amides is 1. The van der Waals surface area contributed by atoms with E-state index in [1.807, 2.05) is 42.2 Å². The molecule has 0 saturated carbocycles. The van der Waals surface area contributed by atoms with Crippen LogP contribution >= 0.6 is 0 Å². The summed E-state index contributed by atoms with van der Waals surface area (Å²) < 4.78 is 11.0. The number of piperazine rings is 1. The predicted molar refractivity (Wildman–Crippen MR) is 102 cm³/mol. The minimum Gasteiger partial charge on any atom is -0.496 e. The fraction of sp³-hybridized carbons (Fsp3) is 0.476. The number of para-hydroxylation sites is 1. The second-order valence-electron chi connectivity index (χ2n) is 6.97. The highest BCUT2D eigenvalue weighted by atomic mass is 16.5. The maximum atomic E-state index is 12.8. The Balaban J connectivity index is 1.49. The van der Waals surface area contributed by atoms with Crippen LogP contribution in [0.25, 0.3) is 0 Å². The largest absolute Gasteiger partial charge is 0.496 e. The molecule has 2 heterocycles. The molecule has 1 amide bonds. The number of nitrogens with zero attached hydrogens (tertiary/aromatic N) is 2. The average Bonchev–Trinajstić information content (AvgIpc) is 3.12. The van der Waals surface area contributed by atoms with Gasteiger partial charge < -0.3 is 14.1 Å². The van der Waals surface area contributed by atoms with Crippen LogP contribution in [-0.4, -0.2) is 55.5 Å². The molecule has 3 rings (SSSR count). The molecule has 0 spiro atoms. The Morgan fingerprint density at radius 3 is 2.54 bits per heavy atom. The molecule has 1 atom stereocenters. The van der Waals surface area contributed by atoms with Crippen LogP contribution in [0.1, 0.15) is 41.1 Å². The number of hydrogen-bond acceptors (Lipinski definition) is 4. The maximum absolute atomic E-state index is 12.8. The summed E-state index contributed by atoms with van der Waals surface area (Å²) in [6.07, 6.45) is 1.06. The summed E-state index contributed by atoms with van der Waals surface area (Å²) in [7, 11) is 1.60. The van der Waals surface area contributed by atoms with Gasteiger partial charge >= 0.3 is 0 Å². The zero-order valence-corrected chi connectivity index (χ0v) is 15.9. The van der Waals surface area contributed by atoms with Gasteiger partial charge in [-0.3, -0.25) is 9.69 Å². The minimum absolute atomic E-state index is 0.0570. The van der Waals surface area contributed by atoms with Crippen LogP contribution in [-0.2, 0) is 0 Å². The van der Waals surface area contributed by atoms with Crippen molar-refractivity contribution in [2.45, 2.75) is 26.2 Å². The number of methoxy groups -OCH3 is 1. The van der Waals surface area contributed by atoms with Crippen LogP contribution < -0.4 is 4.74 Å². The Kier molecular flexibility index (Phi) is 5.99. The van der Waals surface area contributed by atoms with E-state index in [1.165, 1.54) is 0 Å². The summed E-state index contributed by atoms with van der Waals surface area (Å²) >= 11 is 0. The Morgan fingerprint density at radius 1 is 1.15 bits per heavy atom. The van der Waals surface area contributed by atoms with Crippen molar-refractivity contribution in [3.63, 3.8) is 0 Å². The molecule has 5 heteroatoms. The lowest BCUT2D eigenvalue weighted by Crippen LogP contribution is -2.49. The lowest BCUT2D eigenvalue weighted by Gasteiger charge is -2.35. The van der Waals surface area contributed by atoms with Crippen LogP contribution in [0.3, 0.4) is 0 Å². The van der Waals surface area contributed by atoms with Crippen LogP contribution in [0.15, 0.2) is 40.8 Å². The molecule has 1 aliphatic heterocycles. The van der Waals surface area contributed by atoms with Crippen LogP contribution in [0, 0.1) is 6.92 Å². The molecule has 0 radical (unpaired) electrons. The molecular weight excluding hydrogens is 328 g/mol. The van der Waals surface area contributed by atoms with Crippen molar-refractivity contribution >= 4 is 5.91 Å². The molecule has 1 saturated heterocycles. The number of carbonyl (C=O) groups is 1. The highest BCUT2D eigenvalue weighted by molar-refractivity contribution is 5.97. The molecule has 5 nitrogen and oxygen atoms in total. The maximum Gasteiger partial charge on any atom is 0.257 e. The third-order valence-electron chi connectivity index (χ3n) is 5.12. The van der Waals surface area contributed by atoms with E-state index in [2.05, 4.69) is 17.9 Å². The van der Waals surface area contributed by atoms with Gasteiger partial charge in [-0.15, -0.1) is 0 Å². The second kappa shape index (κ2) is 8.41. The number of benzene rings is 1. The first kappa shape index (κ1) is 18.5. The number of ether oxygens (including phenoxy) is 1. The van der Waals surface area contributed by atoms with Gasteiger partial charge in [-0.2, -0.15) is 0 Å². The van der Waals surface area contributed by atoms with E-state index < -0.39 is 0 Å². The molecule has 1 fully saturated rings. The van der Waals surface area contributed by atoms with E-state index in [0.29, 0.717) is 17.2 Å². The molecule has 2 aromatic rings. The van der Waals surface area contributed by atoms with Gasteiger partial charge in [0.25, 0.3) is 5.91 Å². The van der Waals surface area contributed by atoms with Crippen LogP contribution in [0.2, 0.25) is 0 Å². The quantitative estimate of drug-likeness (QED) is 0.794. The Labute approximate surface area is 155 Å². The summed E-state index contributed by atoms with van der Waals surface area (Å²) in [5, 5.41) is 0. The van der Waals surface area contributed by atoms with E-state index in [4.69, 9.17) is 9.15 Å². The highest BCUT2D eigenvalue weighted by Gasteiger charge is 2.24. The molecule has 1 aliphatic rings. The molecular formula is C21H28N2O3. The van der Waals surface area contributed by atoms with Gasteiger partial charge in [-0.05, 0) is 44.2 Å². The van der Waals surface area contributed by atoms with Crippen LogP contribution in [0.5, 0.6) is 5.75 Å². The molecule has 0 unspecified atom stereocenters. The van der Waals surface area contributed by atoms with Crippen LogP contribution in [0.4, 0.5) is 0 Å². The fourth-order valence-electron chi connectivity index (χ4n) is 3.40. The minimum atomic E-state index is 0.0570. The summed E-state index contributed by atoms with van der Waals surface area (Å²) in [6.45, 7) is 8.54. The summed E-state index contributed by atoms with van der Waals surface area (Å²) in [4.78, 5) is 17.1. The predicted octanol–water partition coefficient (Wildman–Crippen LogP) is 3.55. The van der Waals surface area contributed by atoms with Gasteiger partial charge in [0, 0.05) is 32.1 Å². The SMILES string of the molecule is COc1ccccc1C(=O)N1CCN(CC[C@@H](C)c2ccc(C)o2)CC1. The summed E-state index contributed by atoms with van der Waals surface area (Å²) in [6, 6.07) is 11.5. The molecule has 0 aliphatic carbocycles. The Hall–Kier alpha value is -2.27. The zero-order chi connectivity index (χ0) is 18.5. The zero-order valence-electron chi connectivity index (χ0n) is 15.9. The lowest BCUT2D eigenvalue weighted by atomic mass is 10.0. The fourth-order valence-corrected chi connectivity index (χ4v) is 3.40. The standard InChI is InChI=1S/C21H28N2O3/c1-16(19-9-8-17(2)26-19)10-11-22-12-14-23(15-13-22)21(24)18-6-4-5-7-20(18)25-3/h4-9,16H,10-15H2,1-3H3/t16-/m1/s1. The van der Waals surface area contributed by atoms with E-state index >= 15 is 0 Å². The third-order valence-corrected chi connectivity index (χ3v) is 5.12. The van der Waals surface area contributed by atoms with Gasteiger partial charge in [0.05, 0.1) is 12.7 Å². The lowest BCUT2D eigenvalue weighted by molar-refractivity contribution is 0.0630. The third kappa shape index (κ3) is 4.28. The van der Waals surface area contributed by atoms with Crippen molar-refractivity contribution in [2.24, 2.45) is 0 Å². The molecule has 1 aromatic carbocycles. The first-order valence-electron chi connectivity index (χ1n) is 9.29. The molecule has 140 valence electrons. The topological polar surface area (TPSA) is 45.9 Å². The second-order valence-corrected chi connectivity index (χ2v) is 6.97. The highest BCUT2D eigenvalue weighted by Crippen LogP contribution is 2.23. The molecule has 1 aromatic heterocycles. The van der Waals surface area contributed by atoms with Gasteiger partial charge in [0.2, 0.25) is 0 Å². The number of hydrogen-bond donors (Lipinski definition) is 0. The smallest absolute Gasteiger partial charge is 0.257 e. The first-order chi connectivity index (χ1) is 12.6. The average molecular weight is 356 g/mol. The van der Waals surface area contributed by atoms with E-state index in [9.17, 15) is 4.79 Å².